The van der Waals surface area contributed by atoms with Crippen LogP contribution in [-0.4, -0.2) is 32.0 Å². The van der Waals surface area contributed by atoms with Gasteiger partial charge in [0.15, 0.2) is 0 Å². The first kappa shape index (κ1) is 17.8. The minimum absolute atomic E-state index is 0.306. The molecule has 1 amide bonds. The number of carbonyl (C=O) groups excluding carboxylic acids is 1. The van der Waals surface area contributed by atoms with Gasteiger partial charge in [0.25, 0.3) is 5.56 Å². The lowest BCUT2D eigenvalue weighted by Gasteiger charge is -2.14. The highest BCUT2D eigenvalue weighted by Crippen LogP contribution is 2.16. The van der Waals surface area contributed by atoms with Crippen LogP contribution in [0.3, 0.4) is 0 Å². The SMILES string of the molecule is C[C@@H](C(=O)NCCn1ccc2ccc(F)cc21)n1nnc2ccccc2c1=O. The van der Waals surface area contributed by atoms with Crippen molar-refractivity contribution in [1.82, 2.24) is 24.9 Å². The lowest BCUT2D eigenvalue weighted by atomic mass is 10.2. The number of hydrogen-bond donors (Lipinski definition) is 1. The molecule has 2 aromatic carbocycles. The summed E-state index contributed by atoms with van der Waals surface area (Å²) in [7, 11) is 0. The van der Waals surface area contributed by atoms with E-state index in [9.17, 15) is 14.0 Å². The summed E-state index contributed by atoms with van der Waals surface area (Å²) in [5.74, 6) is -0.645. The van der Waals surface area contributed by atoms with E-state index in [0.717, 1.165) is 15.6 Å². The van der Waals surface area contributed by atoms with Crippen LogP contribution >= 0.6 is 0 Å². The van der Waals surface area contributed by atoms with Gasteiger partial charge in [-0.1, -0.05) is 17.3 Å². The van der Waals surface area contributed by atoms with Crippen LogP contribution < -0.4 is 10.9 Å². The Morgan fingerprint density at radius 1 is 1.21 bits per heavy atom. The minimum Gasteiger partial charge on any atom is -0.352 e. The fourth-order valence-electron chi connectivity index (χ4n) is 3.17. The van der Waals surface area contributed by atoms with Gasteiger partial charge >= 0.3 is 0 Å². The number of carbonyl (C=O) groups is 1. The second-order valence-corrected chi connectivity index (χ2v) is 6.54. The van der Waals surface area contributed by atoms with Gasteiger partial charge < -0.3 is 9.88 Å². The molecule has 4 aromatic rings. The smallest absolute Gasteiger partial charge is 0.278 e. The molecule has 1 N–H and O–H groups in total. The van der Waals surface area contributed by atoms with Crippen molar-refractivity contribution in [3.05, 3.63) is 70.9 Å². The Balaban J connectivity index is 1.45. The monoisotopic (exact) mass is 379 g/mol. The summed E-state index contributed by atoms with van der Waals surface area (Å²) >= 11 is 0. The van der Waals surface area contributed by atoms with Crippen LogP contribution in [0.4, 0.5) is 4.39 Å². The molecule has 2 heterocycles. The molecule has 0 unspecified atom stereocenters. The predicted octanol–water partition coefficient (Wildman–Crippen LogP) is 2.26. The predicted molar refractivity (Wildman–Crippen MR) is 103 cm³/mol. The third-order valence-corrected chi connectivity index (χ3v) is 4.73. The summed E-state index contributed by atoms with van der Waals surface area (Å²) in [6.45, 7) is 2.41. The molecule has 2 aromatic heterocycles. The molecule has 8 heteroatoms. The fourth-order valence-corrected chi connectivity index (χ4v) is 3.17. The zero-order chi connectivity index (χ0) is 19.7. The Morgan fingerprint density at radius 3 is 2.89 bits per heavy atom. The number of aromatic nitrogens is 4. The van der Waals surface area contributed by atoms with Gasteiger partial charge in [-0.05, 0) is 48.7 Å². The Bertz CT molecular complexity index is 1230. The fraction of sp³-hybridized carbons (Fsp3) is 0.200. The molecule has 0 radical (unpaired) electrons. The highest BCUT2D eigenvalue weighted by Gasteiger charge is 2.18. The lowest BCUT2D eigenvalue weighted by Crippen LogP contribution is -2.38. The number of nitrogens with zero attached hydrogens (tertiary/aromatic N) is 4. The van der Waals surface area contributed by atoms with Crippen LogP contribution in [0.25, 0.3) is 21.8 Å². The van der Waals surface area contributed by atoms with Crippen molar-refractivity contribution in [1.29, 1.82) is 0 Å². The zero-order valence-corrected chi connectivity index (χ0v) is 15.2. The first-order valence-electron chi connectivity index (χ1n) is 8.91. The summed E-state index contributed by atoms with van der Waals surface area (Å²) < 4.78 is 16.4. The topological polar surface area (TPSA) is 81.8 Å². The van der Waals surface area contributed by atoms with Crippen LogP contribution in [0.2, 0.25) is 0 Å². The third kappa shape index (κ3) is 3.24. The largest absolute Gasteiger partial charge is 0.352 e. The number of halogens is 1. The van der Waals surface area contributed by atoms with E-state index < -0.39 is 6.04 Å². The molecule has 0 aliphatic rings. The molecule has 0 aliphatic heterocycles. The zero-order valence-electron chi connectivity index (χ0n) is 15.2. The molecule has 0 spiro atoms. The molecular weight excluding hydrogens is 361 g/mol. The molecule has 28 heavy (non-hydrogen) atoms. The number of fused-ring (bicyclic) bond motifs is 2. The maximum Gasteiger partial charge on any atom is 0.278 e. The molecule has 0 aliphatic carbocycles. The quantitative estimate of drug-likeness (QED) is 0.577. The summed E-state index contributed by atoms with van der Waals surface area (Å²) in [6, 6.07) is 12.5. The minimum atomic E-state index is -0.802. The summed E-state index contributed by atoms with van der Waals surface area (Å²) in [4.78, 5) is 25.0. The maximum absolute atomic E-state index is 13.5. The number of hydrogen-bond acceptors (Lipinski definition) is 4. The van der Waals surface area contributed by atoms with Crippen molar-refractivity contribution < 1.29 is 9.18 Å². The third-order valence-electron chi connectivity index (χ3n) is 4.73. The van der Waals surface area contributed by atoms with Crippen molar-refractivity contribution in [2.24, 2.45) is 0 Å². The van der Waals surface area contributed by atoms with Crippen molar-refractivity contribution in [3.63, 3.8) is 0 Å². The molecule has 7 nitrogen and oxygen atoms in total. The number of benzene rings is 2. The van der Waals surface area contributed by atoms with Gasteiger partial charge in [0, 0.05) is 19.3 Å². The number of nitrogens with one attached hydrogen (secondary N) is 1. The van der Waals surface area contributed by atoms with Crippen LogP contribution in [0.5, 0.6) is 0 Å². The van der Waals surface area contributed by atoms with E-state index in [2.05, 4.69) is 15.6 Å². The van der Waals surface area contributed by atoms with Gasteiger partial charge in [0.1, 0.15) is 17.4 Å². The van der Waals surface area contributed by atoms with Gasteiger partial charge in [-0.25, -0.2) is 4.39 Å². The molecule has 0 saturated heterocycles. The molecule has 1 atom stereocenters. The van der Waals surface area contributed by atoms with E-state index in [-0.39, 0.29) is 17.3 Å². The molecular formula is C20H18FN5O2. The molecule has 0 saturated carbocycles. The Kier molecular flexibility index (Phi) is 4.60. The van der Waals surface area contributed by atoms with Crippen LogP contribution in [0.1, 0.15) is 13.0 Å². The van der Waals surface area contributed by atoms with Gasteiger partial charge in [0.05, 0.1) is 10.9 Å². The van der Waals surface area contributed by atoms with Gasteiger partial charge in [0.2, 0.25) is 5.91 Å². The van der Waals surface area contributed by atoms with Gasteiger partial charge in [-0.3, -0.25) is 9.59 Å². The average Bonchev–Trinajstić information content (AvgIpc) is 3.10. The molecule has 0 bridgehead atoms. The first-order valence-corrected chi connectivity index (χ1v) is 8.91. The highest BCUT2D eigenvalue weighted by atomic mass is 19.1. The molecule has 4 rings (SSSR count). The van der Waals surface area contributed by atoms with Crippen molar-refractivity contribution >= 4 is 27.7 Å². The lowest BCUT2D eigenvalue weighted by molar-refractivity contribution is -0.124. The summed E-state index contributed by atoms with van der Waals surface area (Å²) in [6.07, 6.45) is 1.85. The highest BCUT2D eigenvalue weighted by molar-refractivity contribution is 5.81. The average molecular weight is 379 g/mol. The van der Waals surface area contributed by atoms with Crippen molar-refractivity contribution in [2.45, 2.75) is 19.5 Å². The molecule has 142 valence electrons. The Morgan fingerprint density at radius 2 is 2.04 bits per heavy atom. The van der Waals surface area contributed by atoms with E-state index in [1.54, 1.807) is 37.3 Å². The van der Waals surface area contributed by atoms with E-state index in [1.165, 1.54) is 12.1 Å². The van der Waals surface area contributed by atoms with Crippen LogP contribution in [0, 0.1) is 5.82 Å². The van der Waals surface area contributed by atoms with Crippen LogP contribution in [0.15, 0.2) is 59.5 Å². The number of rotatable bonds is 5. The summed E-state index contributed by atoms with van der Waals surface area (Å²) in [5.41, 5.74) is 0.891. The van der Waals surface area contributed by atoms with E-state index in [0.29, 0.717) is 24.0 Å². The standard InChI is InChI=1S/C20H18FN5O2/c1-13(26-20(28)16-4-2-3-5-17(16)23-24-26)19(27)22-9-11-25-10-8-14-6-7-15(21)12-18(14)25/h2-8,10,12-13H,9,11H2,1H3,(H,22,27)/t13-/m0/s1. The second kappa shape index (κ2) is 7.22. The Hall–Kier alpha value is -3.55. The number of amides is 1. The van der Waals surface area contributed by atoms with Gasteiger partial charge in [-0.2, -0.15) is 4.68 Å². The van der Waals surface area contributed by atoms with Crippen LogP contribution in [-0.2, 0) is 11.3 Å². The maximum atomic E-state index is 13.5. The second-order valence-electron chi connectivity index (χ2n) is 6.54. The first-order chi connectivity index (χ1) is 13.5. The van der Waals surface area contributed by atoms with E-state index in [1.807, 2.05) is 16.8 Å². The van der Waals surface area contributed by atoms with Crippen molar-refractivity contribution in [3.8, 4) is 0 Å². The van der Waals surface area contributed by atoms with E-state index >= 15 is 0 Å². The molecule has 0 fully saturated rings. The van der Waals surface area contributed by atoms with Gasteiger partial charge in [-0.15, -0.1) is 5.10 Å². The normalized spacial score (nSPS) is 12.4. The van der Waals surface area contributed by atoms with Crippen molar-refractivity contribution in [2.75, 3.05) is 6.54 Å². The van der Waals surface area contributed by atoms with E-state index in [4.69, 9.17) is 0 Å². The Labute approximate surface area is 159 Å². The summed E-state index contributed by atoms with van der Waals surface area (Å²) in [5, 5.41) is 12.0.